The zero-order chi connectivity index (χ0) is 18.6. The Morgan fingerprint density at radius 2 is 1.80 bits per heavy atom. The van der Waals surface area contributed by atoms with Gasteiger partial charge in [0.25, 0.3) is 0 Å². The molecule has 5 atom stereocenters. The average molecular weight is 356 g/mol. The second kappa shape index (κ2) is 8.28. The molecular formula is C16H20O9. The first-order valence-corrected chi connectivity index (χ1v) is 7.43. The third-order valence-corrected chi connectivity index (χ3v) is 3.72. The van der Waals surface area contributed by atoms with Crippen LogP contribution in [0.3, 0.4) is 0 Å². The molecule has 0 amide bonds. The SMILES string of the molecule is COc1ccc(/C=C(\O[C@@H]2O[C@H](CO)[C@H](O)[C@H](O)[C@H]2O)C(=O)O)cc1. The Kier molecular flexibility index (Phi) is 6.34. The van der Waals surface area contributed by atoms with E-state index in [1.54, 1.807) is 24.3 Å². The van der Waals surface area contributed by atoms with Gasteiger partial charge in [0, 0.05) is 0 Å². The highest BCUT2D eigenvalue weighted by Gasteiger charge is 2.45. The van der Waals surface area contributed by atoms with Gasteiger partial charge in [-0.3, -0.25) is 0 Å². The summed E-state index contributed by atoms with van der Waals surface area (Å²) in [5, 5.41) is 47.7. The van der Waals surface area contributed by atoms with Crippen LogP contribution in [0.4, 0.5) is 0 Å². The van der Waals surface area contributed by atoms with E-state index in [4.69, 9.17) is 19.3 Å². The predicted octanol–water partition coefficient (Wildman–Crippen LogP) is -1.06. The molecule has 138 valence electrons. The number of aliphatic hydroxyl groups excluding tert-OH is 4. The lowest BCUT2D eigenvalue weighted by Gasteiger charge is -2.39. The number of hydrogen-bond donors (Lipinski definition) is 5. The molecule has 1 heterocycles. The smallest absolute Gasteiger partial charge is 0.371 e. The van der Waals surface area contributed by atoms with Crippen molar-refractivity contribution in [3.8, 4) is 5.75 Å². The summed E-state index contributed by atoms with van der Waals surface area (Å²) in [7, 11) is 1.50. The summed E-state index contributed by atoms with van der Waals surface area (Å²) in [4.78, 5) is 11.4. The molecule has 9 heteroatoms. The van der Waals surface area contributed by atoms with Crippen molar-refractivity contribution in [2.75, 3.05) is 13.7 Å². The zero-order valence-electron chi connectivity index (χ0n) is 13.3. The first kappa shape index (κ1) is 19.2. The molecule has 0 aromatic heterocycles. The highest BCUT2D eigenvalue weighted by Crippen LogP contribution is 2.24. The van der Waals surface area contributed by atoms with Crippen LogP contribution in [0, 0.1) is 0 Å². The molecule has 0 bridgehead atoms. The third kappa shape index (κ3) is 4.47. The number of aliphatic hydroxyl groups is 4. The monoisotopic (exact) mass is 356 g/mol. The number of ether oxygens (including phenoxy) is 3. The van der Waals surface area contributed by atoms with E-state index in [-0.39, 0.29) is 0 Å². The number of benzene rings is 1. The molecule has 9 nitrogen and oxygen atoms in total. The van der Waals surface area contributed by atoms with E-state index in [0.717, 1.165) is 0 Å². The van der Waals surface area contributed by atoms with Crippen LogP contribution >= 0.6 is 0 Å². The Balaban J connectivity index is 2.20. The van der Waals surface area contributed by atoms with Crippen LogP contribution in [0.2, 0.25) is 0 Å². The maximum Gasteiger partial charge on any atom is 0.371 e. The van der Waals surface area contributed by atoms with Gasteiger partial charge in [0.15, 0.2) is 0 Å². The Morgan fingerprint density at radius 3 is 2.32 bits per heavy atom. The Bertz CT molecular complexity index is 611. The summed E-state index contributed by atoms with van der Waals surface area (Å²) in [6.07, 6.45) is -6.49. The van der Waals surface area contributed by atoms with Gasteiger partial charge in [-0.05, 0) is 23.8 Å². The van der Waals surface area contributed by atoms with Crippen LogP contribution in [0.1, 0.15) is 5.56 Å². The van der Waals surface area contributed by atoms with Crippen molar-refractivity contribution in [2.24, 2.45) is 0 Å². The molecular weight excluding hydrogens is 336 g/mol. The zero-order valence-corrected chi connectivity index (χ0v) is 13.3. The van der Waals surface area contributed by atoms with Gasteiger partial charge >= 0.3 is 5.97 Å². The first-order valence-electron chi connectivity index (χ1n) is 7.43. The van der Waals surface area contributed by atoms with E-state index >= 15 is 0 Å². The van der Waals surface area contributed by atoms with Gasteiger partial charge < -0.3 is 39.7 Å². The van der Waals surface area contributed by atoms with Crippen molar-refractivity contribution >= 4 is 12.0 Å². The summed E-state index contributed by atoms with van der Waals surface area (Å²) in [6, 6.07) is 6.44. The molecule has 0 radical (unpaired) electrons. The lowest BCUT2D eigenvalue weighted by Crippen LogP contribution is -2.59. The summed E-state index contributed by atoms with van der Waals surface area (Å²) >= 11 is 0. The van der Waals surface area contributed by atoms with Crippen LogP contribution in [0.15, 0.2) is 30.0 Å². The Morgan fingerprint density at radius 1 is 1.16 bits per heavy atom. The minimum atomic E-state index is -1.70. The molecule has 1 aliphatic heterocycles. The number of aliphatic carboxylic acids is 1. The number of carboxylic acid groups (broad SMARTS) is 1. The normalized spacial score (nSPS) is 30.0. The molecule has 5 N–H and O–H groups in total. The van der Waals surface area contributed by atoms with Gasteiger partial charge in [0.05, 0.1) is 13.7 Å². The second-order valence-corrected chi connectivity index (χ2v) is 5.40. The van der Waals surface area contributed by atoms with E-state index in [9.17, 15) is 25.2 Å². The van der Waals surface area contributed by atoms with Crippen molar-refractivity contribution in [1.82, 2.24) is 0 Å². The molecule has 0 saturated carbocycles. The van der Waals surface area contributed by atoms with Crippen LogP contribution < -0.4 is 4.74 Å². The lowest BCUT2D eigenvalue weighted by molar-refractivity contribution is -0.291. The summed E-state index contributed by atoms with van der Waals surface area (Å²) in [5.74, 6) is -1.38. The second-order valence-electron chi connectivity index (χ2n) is 5.40. The van der Waals surface area contributed by atoms with E-state index in [2.05, 4.69) is 0 Å². The van der Waals surface area contributed by atoms with Gasteiger partial charge in [0.1, 0.15) is 30.2 Å². The highest BCUT2D eigenvalue weighted by atomic mass is 16.7. The predicted molar refractivity (Wildman–Crippen MR) is 83.5 cm³/mol. The quantitative estimate of drug-likeness (QED) is 0.318. The largest absolute Gasteiger partial charge is 0.497 e. The van der Waals surface area contributed by atoms with Crippen LogP contribution in [-0.4, -0.2) is 75.9 Å². The molecule has 1 fully saturated rings. The van der Waals surface area contributed by atoms with Crippen molar-refractivity contribution in [2.45, 2.75) is 30.7 Å². The number of carbonyl (C=O) groups is 1. The Labute approximate surface area is 143 Å². The van der Waals surface area contributed by atoms with E-state index in [1.165, 1.54) is 13.2 Å². The number of hydrogen-bond acceptors (Lipinski definition) is 8. The summed E-state index contributed by atoms with van der Waals surface area (Å²) < 4.78 is 15.3. The fraction of sp³-hybridized carbons (Fsp3) is 0.438. The fourth-order valence-electron chi connectivity index (χ4n) is 2.29. The van der Waals surface area contributed by atoms with Gasteiger partial charge in [-0.2, -0.15) is 0 Å². The minimum absolute atomic E-state index is 0.489. The standard InChI is InChI=1S/C16H20O9/c1-23-9-4-2-8(3-5-9)6-10(15(21)22)24-16-14(20)13(19)12(18)11(7-17)25-16/h2-6,11-14,16-20H,7H2,1H3,(H,21,22)/b10-6-/t11-,12+,13+,14-,16-/m1/s1. The van der Waals surface area contributed by atoms with Gasteiger partial charge in [0.2, 0.25) is 12.0 Å². The van der Waals surface area contributed by atoms with E-state index in [1.807, 2.05) is 0 Å². The van der Waals surface area contributed by atoms with E-state index in [0.29, 0.717) is 11.3 Å². The summed E-state index contributed by atoms with van der Waals surface area (Å²) in [5.41, 5.74) is 0.489. The molecule has 1 saturated heterocycles. The molecule has 0 aliphatic carbocycles. The summed E-state index contributed by atoms with van der Waals surface area (Å²) in [6.45, 7) is -0.643. The van der Waals surface area contributed by atoms with Crippen LogP contribution in [-0.2, 0) is 14.3 Å². The van der Waals surface area contributed by atoms with Crippen LogP contribution in [0.5, 0.6) is 5.75 Å². The molecule has 0 spiro atoms. The maximum atomic E-state index is 11.4. The highest BCUT2D eigenvalue weighted by molar-refractivity contribution is 5.89. The number of carboxylic acids is 1. The Hall–Kier alpha value is -2.17. The average Bonchev–Trinajstić information content (AvgIpc) is 2.61. The van der Waals surface area contributed by atoms with Crippen molar-refractivity contribution in [3.63, 3.8) is 0 Å². The van der Waals surface area contributed by atoms with Crippen molar-refractivity contribution in [3.05, 3.63) is 35.6 Å². The van der Waals surface area contributed by atoms with Crippen molar-refractivity contribution in [1.29, 1.82) is 0 Å². The van der Waals surface area contributed by atoms with Gasteiger partial charge in [-0.15, -0.1) is 0 Å². The first-order chi connectivity index (χ1) is 11.9. The number of methoxy groups -OCH3 is 1. The minimum Gasteiger partial charge on any atom is -0.497 e. The molecule has 1 aliphatic rings. The molecule has 25 heavy (non-hydrogen) atoms. The van der Waals surface area contributed by atoms with Crippen LogP contribution in [0.25, 0.3) is 6.08 Å². The fourth-order valence-corrected chi connectivity index (χ4v) is 2.29. The lowest BCUT2D eigenvalue weighted by atomic mass is 9.99. The topological polar surface area (TPSA) is 146 Å². The maximum absolute atomic E-state index is 11.4. The van der Waals surface area contributed by atoms with Crippen molar-refractivity contribution < 1.29 is 44.5 Å². The van der Waals surface area contributed by atoms with Gasteiger partial charge in [-0.1, -0.05) is 12.1 Å². The number of rotatable bonds is 6. The molecule has 1 aromatic rings. The molecule has 1 aromatic carbocycles. The van der Waals surface area contributed by atoms with Gasteiger partial charge in [-0.25, -0.2) is 4.79 Å². The third-order valence-electron chi connectivity index (χ3n) is 3.72. The van der Waals surface area contributed by atoms with E-state index < -0.39 is 49.0 Å². The molecule has 2 rings (SSSR count). The molecule has 0 unspecified atom stereocenters.